The highest BCUT2D eigenvalue weighted by atomic mass is 14.6. The van der Waals surface area contributed by atoms with Crippen LogP contribution in [0.2, 0.25) is 0 Å². The Morgan fingerprint density at radius 3 is 0.551 bits per heavy atom. The van der Waals surface area contributed by atoms with Crippen molar-refractivity contribution in [1.29, 1.82) is 0 Å². The Bertz CT molecular complexity index is 2240. The third-order valence-electron chi connectivity index (χ3n) is 23.9. The lowest BCUT2D eigenvalue weighted by Crippen LogP contribution is -2.38. The maximum absolute atomic E-state index is 2.42. The summed E-state index contributed by atoms with van der Waals surface area (Å²) in [4.78, 5) is 0. The summed E-state index contributed by atoms with van der Waals surface area (Å²) in [7, 11) is 0. The van der Waals surface area contributed by atoms with Crippen LogP contribution in [-0.2, 0) is 21.7 Å². The van der Waals surface area contributed by atoms with E-state index in [1.54, 1.807) is 0 Å². The molecule has 0 N–H and O–H groups in total. The van der Waals surface area contributed by atoms with Crippen LogP contribution in [0.15, 0.2) is 48.5 Å². The molecule has 0 aromatic heterocycles. The Balaban J connectivity index is -0.000000212. The van der Waals surface area contributed by atoms with Gasteiger partial charge in [-0.25, -0.2) is 0 Å². The number of benzene rings is 2. The van der Waals surface area contributed by atoms with Gasteiger partial charge in [0.25, 0.3) is 0 Å². The minimum Gasteiger partial charge on any atom is -0.0683 e. The van der Waals surface area contributed by atoms with Gasteiger partial charge in [0.05, 0.1) is 0 Å². The van der Waals surface area contributed by atoms with E-state index in [0.717, 1.165) is 59.2 Å². The summed E-state index contributed by atoms with van der Waals surface area (Å²) in [6.07, 6.45) is 21.8. The third-order valence-corrected chi connectivity index (χ3v) is 23.9. The highest BCUT2D eigenvalue weighted by molar-refractivity contribution is 5.37. The summed E-state index contributed by atoms with van der Waals surface area (Å²) in [6.45, 7) is 127. The zero-order valence-electron chi connectivity index (χ0n) is 86.0. The van der Waals surface area contributed by atoms with Crippen molar-refractivity contribution in [3.05, 3.63) is 70.8 Å². The molecule has 5 saturated carbocycles. The molecular weight excluding hydrogens is 1290 g/mol. The van der Waals surface area contributed by atoms with E-state index in [9.17, 15) is 0 Å². The van der Waals surface area contributed by atoms with Crippen LogP contribution in [-0.4, -0.2) is 0 Å². The van der Waals surface area contributed by atoms with E-state index in [2.05, 4.69) is 339 Å². The molecule has 0 heteroatoms. The molecule has 2 aromatic carbocycles. The van der Waals surface area contributed by atoms with Gasteiger partial charge in [-0.3, -0.25) is 0 Å². The summed E-state index contributed by atoms with van der Waals surface area (Å²) < 4.78 is 0. The number of hydrogen-bond donors (Lipinski definition) is 0. The van der Waals surface area contributed by atoms with Gasteiger partial charge < -0.3 is 0 Å². The average Bonchev–Trinajstić information content (AvgIpc) is 1.63. The first-order chi connectivity index (χ1) is 48.0. The van der Waals surface area contributed by atoms with E-state index in [1.807, 2.05) is 96.9 Å². The summed E-state index contributed by atoms with van der Waals surface area (Å²) in [5.74, 6) is 9.48. The monoisotopic (exact) mass is 1500 g/mol. The Morgan fingerprint density at radius 1 is 0.187 bits per heavy atom. The SMILES string of the molecule is CC.CC.CC.CC.CC.CC.CC.CC(C)(C)C1CC1C(C)(C)C.CC(C)(C)C1CCC(C(C)(C)C)C1.CC(C)(C)C1CCCC(C(C)(C)C)C1.CC(C)(C)C1CCCC1C(C)(C)C.CC(C)(C)C1CCCCC1C(C)(C)C.CC(C)(C)c1cccc(C(C)(C)C)c1.CC(C)(C)c1ccccc1C(C)(C)C. The molecule has 2 aromatic rings. The van der Waals surface area contributed by atoms with Crippen molar-refractivity contribution < 1.29 is 0 Å². The summed E-state index contributed by atoms with van der Waals surface area (Å²) in [5.41, 5.74) is 11.9. The molecule has 0 saturated heterocycles. The van der Waals surface area contributed by atoms with Gasteiger partial charge in [0.1, 0.15) is 0 Å². The van der Waals surface area contributed by atoms with Crippen LogP contribution < -0.4 is 0 Å². The maximum Gasteiger partial charge on any atom is -0.0129 e. The maximum atomic E-state index is 2.42. The molecule has 644 valence electrons. The minimum atomic E-state index is 0.240. The van der Waals surface area contributed by atoms with Crippen LogP contribution in [0.25, 0.3) is 0 Å². The van der Waals surface area contributed by atoms with E-state index in [1.165, 1.54) is 119 Å². The van der Waals surface area contributed by atoms with Crippen LogP contribution in [0.1, 0.15) is 506 Å². The molecule has 107 heavy (non-hydrogen) atoms. The van der Waals surface area contributed by atoms with Crippen LogP contribution in [0.4, 0.5) is 0 Å². The molecule has 0 bridgehead atoms. The molecular formula is C107H216. The standard InChI is InChI=1S/C14H28.C14H22.C14H28.C14H22.2C13H26.C11H22.7C2H6/c2*1-13(2,3)11-8-7-9-12(10-11)14(4,5)6;2*1-13(2,3)11-9-7-8-10-12(11)14(4,5)6;1-12(2,3)10-7-8-11(9-10)13(4,5)6;1-12(2,3)10-8-7-9-11(10)13(4,5)6;1-10(2,3)8-7-9(8)11(4,5)6;7*1-2/h11-12H,7-10H2,1-6H3;7-10H,1-6H3;11-12H,7-10H2,1-6H3;7-10H,1-6H3;2*10-11H,7-9H2,1-6H3;8-9H,7H2,1-6H3;7*1-2H3. The Morgan fingerprint density at radius 2 is 0.383 bits per heavy atom. The fourth-order valence-corrected chi connectivity index (χ4v) is 16.9. The molecule has 5 aliphatic carbocycles. The number of rotatable bonds is 0. The molecule has 5 aliphatic rings. The van der Waals surface area contributed by atoms with Gasteiger partial charge in [-0.2, -0.15) is 0 Å². The van der Waals surface area contributed by atoms with Crippen molar-refractivity contribution in [2.75, 3.05) is 0 Å². The third kappa shape index (κ3) is 49.1. The topological polar surface area (TPSA) is 0 Å². The lowest BCUT2D eigenvalue weighted by molar-refractivity contribution is 0.0335. The average molecular weight is 1500 g/mol. The van der Waals surface area contributed by atoms with E-state index in [4.69, 9.17) is 0 Å². The Labute approximate surface area is 685 Å². The largest absolute Gasteiger partial charge is 0.0683 e. The molecule has 0 radical (unpaired) electrons. The van der Waals surface area contributed by atoms with Gasteiger partial charge in [0, 0.05) is 0 Å². The Kier molecular flexibility index (Phi) is 57.0. The fourth-order valence-electron chi connectivity index (χ4n) is 16.9. The lowest BCUT2D eigenvalue weighted by atomic mass is 9.59. The lowest BCUT2D eigenvalue weighted by Gasteiger charge is -2.46. The molecule has 7 rings (SSSR count). The van der Waals surface area contributed by atoms with Gasteiger partial charge in [0.2, 0.25) is 0 Å². The summed E-state index contributed by atoms with van der Waals surface area (Å²) >= 11 is 0. The van der Waals surface area contributed by atoms with Crippen molar-refractivity contribution >= 4 is 0 Å². The van der Waals surface area contributed by atoms with Crippen molar-refractivity contribution in [3.8, 4) is 0 Å². The molecule has 0 aliphatic heterocycles. The smallest absolute Gasteiger partial charge is 0.0129 e. The van der Waals surface area contributed by atoms with Gasteiger partial charge in [0.15, 0.2) is 0 Å². The Hall–Kier alpha value is -1.56. The van der Waals surface area contributed by atoms with Crippen LogP contribution in [0.5, 0.6) is 0 Å². The molecule has 0 amide bonds. The summed E-state index contributed by atoms with van der Waals surface area (Å²) in [5, 5.41) is 0. The van der Waals surface area contributed by atoms with E-state index < -0.39 is 0 Å². The first kappa shape index (κ1) is 119. The molecule has 0 heterocycles. The molecule has 10 atom stereocenters. The summed E-state index contributed by atoms with van der Waals surface area (Å²) in [6, 6.07) is 17.7. The molecule has 5 fully saturated rings. The zero-order chi connectivity index (χ0) is 87.3. The zero-order valence-corrected chi connectivity index (χ0v) is 86.0. The normalized spacial score (nSPS) is 22.6. The van der Waals surface area contributed by atoms with Crippen LogP contribution in [0, 0.1) is 113 Å². The van der Waals surface area contributed by atoms with Gasteiger partial charge in [-0.05, 0) is 228 Å². The van der Waals surface area contributed by atoms with E-state index >= 15 is 0 Å². The molecule has 10 unspecified atom stereocenters. The second-order valence-corrected chi connectivity index (χ2v) is 46.6. The minimum absolute atomic E-state index is 0.240. The van der Waals surface area contributed by atoms with Gasteiger partial charge in [-0.1, -0.05) is 462 Å². The van der Waals surface area contributed by atoms with Gasteiger partial charge in [-0.15, -0.1) is 0 Å². The van der Waals surface area contributed by atoms with Crippen molar-refractivity contribution in [3.63, 3.8) is 0 Å². The van der Waals surface area contributed by atoms with E-state index in [-0.39, 0.29) is 21.7 Å². The van der Waals surface area contributed by atoms with Crippen molar-refractivity contribution in [2.45, 2.75) is 506 Å². The predicted octanol–water partition coefficient (Wildman–Crippen LogP) is 38.2. The van der Waals surface area contributed by atoms with Crippen molar-refractivity contribution in [2.24, 2.45) is 113 Å². The quantitative estimate of drug-likeness (QED) is 0.247. The number of hydrogen-bond acceptors (Lipinski definition) is 0. The predicted molar refractivity (Wildman–Crippen MR) is 506 cm³/mol. The highest BCUT2D eigenvalue weighted by Gasteiger charge is 2.50. The van der Waals surface area contributed by atoms with Crippen LogP contribution >= 0.6 is 0 Å². The van der Waals surface area contributed by atoms with Crippen LogP contribution in [0.3, 0.4) is 0 Å². The highest BCUT2D eigenvalue weighted by Crippen LogP contribution is 2.59. The second kappa shape index (κ2) is 51.4. The molecule has 0 spiro atoms. The van der Waals surface area contributed by atoms with Crippen molar-refractivity contribution in [1.82, 2.24) is 0 Å². The fraction of sp³-hybridized carbons (Fsp3) is 0.888. The second-order valence-electron chi connectivity index (χ2n) is 46.6. The first-order valence-corrected chi connectivity index (χ1v) is 46.3. The van der Waals surface area contributed by atoms with Gasteiger partial charge >= 0.3 is 0 Å². The molecule has 0 nitrogen and oxygen atoms in total. The van der Waals surface area contributed by atoms with E-state index in [0.29, 0.717) is 54.1 Å². The first-order valence-electron chi connectivity index (χ1n) is 46.3.